The van der Waals surface area contributed by atoms with Gasteiger partial charge in [-0.2, -0.15) is 0 Å². The second kappa shape index (κ2) is 8.11. The Morgan fingerprint density at radius 2 is 1.71 bits per heavy atom. The fourth-order valence-corrected chi connectivity index (χ4v) is 3.37. The molecule has 1 N–H and O–H groups in total. The third kappa shape index (κ3) is 4.41. The molecule has 0 radical (unpaired) electrons. The van der Waals surface area contributed by atoms with Crippen molar-refractivity contribution in [2.75, 3.05) is 6.54 Å². The number of nitrogens with one attached hydrogen (secondary N) is 1. The lowest BCUT2D eigenvalue weighted by Gasteiger charge is -2.21. The van der Waals surface area contributed by atoms with Gasteiger partial charge in [-0.25, -0.2) is 0 Å². The van der Waals surface area contributed by atoms with Crippen molar-refractivity contribution in [1.29, 1.82) is 0 Å². The van der Waals surface area contributed by atoms with E-state index in [0.717, 1.165) is 21.9 Å². The lowest BCUT2D eigenvalue weighted by molar-refractivity contribution is 0.628. The number of benzene rings is 2. The third-order valence-electron chi connectivity index (χ3n) is 3.53. The van der Waals surface area contributed by atoms with Crippen molar-refractivity contribution in [3.8, 4) is 0 Å². The van der Waals surface area contributed by atoms with Gasteiger partial charge >= 0.3 is 0 Å². The van der Waals surface area contributed by atoms with Crippen molar-refractivity contribution in [2.45, 2.75) is 32.7 Å². The maximum Gasteiger partial charge on any atom is 0.0588 e. The summed E-state index contributed by atoms with van der Waals surface area (Å²) in [5, 5.41) is 3.58. The quantitative estimate of drug-likeness (QED) is 0.628. The summed E-state index contributed by atoms with van der Waals surface area (Å²) < 4.78 is 2.24. The van der Waals surface area contributed by atoms with E-state index in [1.165, 1.54) is 23.1 Å². The molecule has 0 bridgehead atoms. The van der Waals surface area contributed by atoms with Crippen molar-refractivity contribution in [1.82, 2.24) is 5.32 Å². The van der Waals surface area contributed by atoms with E-state index in [2.05, 4.69) is 93.5 Å². The first-order chi connectivity index (χ1) is 10.2. The summed E-state index contributed by atoms with van der Waals surface area (Å²) >= 11 is 7.25. The van der Waals surface area contributed by atoms with E-state index >= 15 is 0 Å². The van der Waals surface area contributed by atoms with Crippen molar-refractivity contribution in [3.63, 3.8) is 0 Å². The molecular weight excluding hydrogens is 390 g/mol. The molecule has 0 aliphatic rings. The van der Waals surface area contributed by atoms with E-state index in [9.17, 15) is 0 Å². The molecule has 21 heavy (non-hydrogen) atoms. The first-order valence-corrected chi connectivity index (χ1v) is 9.01. The van der Waals surface area contributed by atoms with Crippen LogP contribution in [0, 0.1) is 0 Å². The molecule has 2 rings (SSSR count). The van der Waals surface area contributed by atoms with Crippen LogP contribution in [0.25, 0.3) is 0 Å². The normalized spacial score (nSPS) is 12.4. The van der Waals surface area contributed by atoms with Gasteiger partial charge in [-0.3, -0.25) is 0 Å². The number of aryl methyl sites for hydroxylation is 1. The fraction of sp³-hybridized carbons (Fsp3) is 0.333. The van der Waals surface area contributed by atoms with E-state index in [0.29, 0.717) is 0 Å². The SMILES string of the molecule is CCCc1ccc(C(NCC)c2cc(Br)ccc2Br)cc1. The molecule has 0 heterocycles. The van der Waals surface area contributed by atoms with Gasteiger partial charge in [-0.05, 0) is 47.9 Å². The zero-order valence-electron chi connectivity index (χ0n) is 12.5. The van der Waals surface area contributed by atoms with Gasteiger partial charge in [0.25, 0.3) is 0 Å². The summed E-state index contributed by atoms with van der Waals surface area (Å²) in [4.78, 5) is 0. The monoisotopic (exact) mass is 409 g/mol. The van der Waals surface area contributed by atoms with Crippen LogP contribution in [0.15, 0.2) is 51.4 Å². The molecule has 0 spiro atoms. The topological polar surface area (TPSA) is 12.0 Å². The van der Waals surface area contributed by atoms with Gasteiger partial charge in [0.05, 0.1) is 6.04 Å². The third-order valence-corrected chi connectivity index (χ3v) is 4.74. The Balaban J connectivity index is 2.35. The molecule has 2 aromatic rings. The number of rotatable bonds is 6. The highest BCUT2D eigenvalue weighted by Gasteiger charge is 2.16. The molecular formula is C18H21Br2N. The van der Waals surface area contributed by atoms with Gasteiger partial charge in [0, 0.05) is 8.95 Å². The zero-order chi connectivity index (χ0) is 15.2. The van der Waals surface area contributed by atoms with Gasteiger partial charge in [0.15, 0.2) is 0 Å². The Hall–Kier alpha value is -0.640. The average molecular weight is 411 g/mol. The average Bonchev–Trinajstić information content (AvgIpc) is 2.49. The van der Waals surface area contributed by atoms with E-state index < -0.39 is 0 Å². The molecule has 3 heteroatoms. The zero-order valence-corrected chi connectivity index (χ0v) is 15.7. The van der Waals surface area contributed by atoms with Crippen LogP contribution in [0.5, 0.6) is 0 Å². The first kappa shape index (κ1) is 16.7. The Bertz CT molecular complexity index is 578. The lowest BCUT2D eigenvalue weighted by atomic mass is 9.97. The molecule has 0 saturated heterocycles. The standard InChI is InChI=1S/C18H21Br2N/c1-3-5-13-6-8-14(9-7-13)18(21-4-2)16-12-15(19)10-11-17(16)20/h6-12,18,21H,3-5H2,1-2H3. The lowest BCUT2D eigenvalue weighted by Crippen LogP contribution is -2.22. The molecule has 0 saturated carbocycles. The minimum Gasteiger partial charge on any atom is -0.306 e. The molecule has 2 aromatic carbocycles. The van der Waals surface area contributed by atoms with Crippen LogP contribution in [0.2, 0.25) is 0 Å². The maximum absolute atomic E-state index is 3.68. The van der Waals surface area contributed by atoms with Crippen LogP contribution in [0.3, 0.4) is 0 Å². The largest absolute Gasteiger partial charge is 0.306 e. The minimum atomic E-state index is 0.206. The predicted molar refractivity (Wildman–Crippen MR) is 97.8 cm³/mol. The van der Waals surface area contributed by atoms with E-state index in [1.54, 1.807) is 0 Å². The van der Waals surface area contributed by atoms with Gasteiger partial charge in [0.2, 0.25) is 0 Å². The molecule has 0 fully saturated rings. The van der Waals surface area contributed by atoms with Gasteiger partial charge < -0.3 is 5.32 Å². The van der Waals surface area contributed by atoms with Gasteiger partial charge in [-0.15, -0.1) is 0 Å². The van der Waals surface area contributed by atoms with Crippen LogP contribution in [-0.4, -0.2) is 6.54 Å². The number of hydrogen-bond acceptors (Lipinski definition) is 1. The predicted octanol–water partition coefficient (Wildman–Crippen LogP) is 5.86. The van der Waals surface area contributed by atoms with Crippen molar-refractivity contribution >= 4 is 31.9 Å². The van der Waals surface area contributed by atoms with E-state index in [1.807, 2.05) is 0 Å². The summed E-state index contributed by atoms with van der Waals surface area (Å²) in [6, 6.07) is 15.5. The molecule has 1 unspecified atom stereocenters. The van der Waals surface area contributed by atoms with Crippen LogP contribution in [-0.2, 0) is 6.42 Å². The Labute approximate surface area is 144 Å². The van der Waals surface area contributed by atoms with E-state index in [-0.39, 0.29) is 6.04 Å². The molecule has 1 atom stereocenters. The Morgan fingerprint density at radius 1 is 1.00 bits per heavy atom. The highest BCUT2D eigenvalue weighted by Crippen LogP contribution is 2.31. The van der Waals surface area contributed by atoms with E-state index in [4.69, 9.17) is 0 Å². The minimum absolute atomic E-state index is 0.206. The summed E-state index contributed by atoms with van der Waals surface area (Å²) in [5.74, 6) is 0. The van der Waals surface area contributed by atoms with Crippen LogP contribution >= 0.6 is 31.9 Å². The fourth-order valence-electron chi connectivity index (χ4n) is 2.51. The van der Waals surface area contributed by atoms with Gasteiger partial charge in [-0.1, -0.05) is 76.4 Å². The van der Waals surface area contributed by atoms with Gasteiger partial charge in [0.1, 0.15) is 0 Å². The summed E-state index contributed by atoms with van der Waals surface area (Å²) in [5.41, 5.74) is 3.97. The second-order valence-electron chi connectivity index (χ2n) is 5.15. The smallest absolute Gasteiger partial charge is 0.0588 e. The van der Waals surface area contributed by atoms with Crippen LogP contribution < -0.4 is 5.32 Å². The highest BCUT2D eigenvalue weighted by atomic mass is 79.9. The molecule has 1 nitrogen and oxygen atoms in total. The molecule has 112 valence electrons. The maximum atomic E-state index is 3.68. The van der Waals surface area contributed by atoms with Crippen molar-refractivity contribution < 1.29 is 0 Å². The summed E-state index contributed by atoms with van der Waals surface area (Å²) in [7, 11) is 0. The number of halogens is 2. The number of hydrogen-bond donors (Lipinski definition) is 1. The van der Waals surface area contributed by atoms with Crippen LogP contribution in [0.4, 0.5) is 0 Å². The van der Waals surface area contributed by atoms with Crippen molar-refractivity contribution in [3.05, 3.63) is 68.1 Å². The molecule has 0 aromatic heterocycles. The second-order valence-corrected chi connectivity index (χ2v) is 6.92. The first-order valence-electron chi connectivity index (χ1n) is 7.42. The molecule has 0 aliphatic heterocycles. The van der Waals surface area contributed by atoms with Crippen LogP contribution in [0.1, 0.15) is 43.0 Å². The summed E-state index contributed by atoms with van der Waals surface area (Å²) in [6.07, 6.45) is 2.33. The Morgan fingerprint density at radius 3 is 2.33 bits per heavy atom. The highest BCUT2D eigenvalue weighted by molar-refractivity contribution is 9.11. The molecule has 0 aliphatic carbocycles. The van der Waals surface area contributed by atoms with Crippen molar-refractivity contribution in [2.24, 2.45) is 0 Å². The summed E-state index contributed by atoms with van der Waals surface area (Å²) in [6.45, 7) is 5.29. The molecule has 0 amide bonds. The Kier molecular flexibility index (Phi) is 6.46.